The van der Waals surface area contributed by atoms with Gasteiger partial charge in [0.05, 0.1) is 0 Å². The predicted molar refractivity (Wildman–Crippen MR) is 189 cm³/mol. The number of hydrogen-bond donors (Lipinski definition) is 0. The minimum Gasteiger partial charge on any atom is -0.508 e. The van der Waals surface area contributed by atoms with Crippen molar-refractivity contribution < 1.29 is 25.8 Å². The average Bonchev–Trinajstić information content (AvgIpc) is 3.61. The topological polar surface area (TPSA) is 36.9 Å². The van der Waals surface area contributed by atoms with Gasteiger partial charge in [-0.1, -0.05) is 88.3 Å². The molecular weight excluding hydrogens is 760 g/mol. The Kier molecular flexibility index (Phi) is 8.61. The maximum atomic E-state index is 6.45. The molecule has 0 unspecified atom stereocenters. The van der Waals surface area contributed by atoms with Gasteiger partial charge in [-0.2, -0.15) is 16.7 Å². The van der Waals surface area contributed by atoms with Crippen LogP contribution in [-0.2, 0) is 26.5 Å². The van der Waals surface area contributed by atoms with E-state index in [0.717, 1.165) is 50.0 Å². The Morgan fingerprint density at radius 3 is 2.11 bits per heavy atom. The van der Waals surface area contributed by atoms with Crippen LogP contribution in [0.4, 0.5) is 0 Å². The monoisotopic (exact) mass is 794 g/mol. The number of benzene rings is 5. The molecule has 0 fully saturated rings. The third-order valence-corrected chi connectivity index (χ3v) is 8.30. The van der Waals surface area contributed by atoms with Gasteiger partial charge in [0.25, 0.3) is 0 Å². The third kappa shape index (κ3) is 5.77. The second-order valence-electron chi connectivity index (χ2n) is 12.3. The van der Waals surface area contributed by atoms with Crippen LogP contribution in [-0.4, -0.2) is 18.7 Å². The number of rotatable bonds is 5. The second-order valence-corrected chi connectivity index (χ2v) is 12.3. The van der Waals surface area contributed by atoms with Crippen LogP contribution in [0.15, 0.2) is 134 Å². The van der Waals surface area contributed by atoms with Crippen molar-refractivity contribution in [3.05, 3.63) is 152 Å². The Bertz CT molecular complexity index is 2350. The number of hydrogen-bond acceptors (Lipinski definition) is 2. The SMILES string of the molecule is C.CC(C)(C)c1ccnc(-n2c3[c-]c(Oc4[c-]c(-n5[cH+]n(-c6ccccc6)c6ccccc65)ccc4)ccc3c3ccccc32)c1.[Pt]. The molecule has 0 amide bonds. The van der Waals surface area contributed by atoms with Gasteiger partial charge in [0.1, 0.15) is 11.5 Å². The summed E-state index contributed by atoms with van der Waals surface area (Å²) in [4.78, 5) is 4.79. The number of para-hydroxylation sites is 4. The fourth-order valence-corrected chi connectivity index (χ4v) is 6.03. The Hall–Kier alpha value is -4.99. The molecule has 0 aliphatic heterocycles. The van der Waals surface area contributed by atoms with Crippen molar-refractivity contribution in [2.45, 2.75) is 33.6 Å². The zero-order chi connectivity index (χ0) is 30.5. The molecule has 236 valence electrons. The van der Waals surface area contributed by atoms with Crippen LogP contribution in [0.5, 0.6) is 11.5 Å². The van der Waals surface area contributed by atoms with Crippen molar-refractivity contribution in [3.8, 4) is 28.7 Å². The standard InChI is InChI=1S/C40H31N4O.CH4.Pt/c1-40(2,3)28-22-23-41-39(24-28)44-35-17-8-7-16-33(35)34-21-20-32(26-38(34)44)45-31-15-11-14-30(25-31)43-27-42(29-12-5-4-6-13-29)36-18-9-10-19-37(36)43;;/h4-24,27H,1-3H3;1H4;/q-1;;. The molecule has 3 heterocycles. The van der Waals surface area contributed by atoms with E-state index in [1.54, 1.807) is 0 Å². The van der Waals surface area contributed by atoms with Crippen molar-refractivity contribution >= 4 is 32.8 Å². The van der Waals surface area contributed by atoms with Crippen molar-refractivity contribution in [2.24, 2.45) is 0 Å². The van der Waals surface area contributed by atoms with Gasteiger partial charge in [0.2, 0.25) is 0 Å². The quantitative estimate of drug-likeness (QED) is 0.163. The van der Waals surface area contributed by atoms with E-state index in [4.69, 9.17) is 9.72 Å². The molecule has 0 saturated heterocycles. The molecule has 3 aromatic heterocycles. The first-order valence-electron chi connectivity index (χ1n) is 15.1. The summed E-state index contributed by atoms with van der Waals surface area (Å²) in [6, 6.07) is 48.6. The van der Waals surface area contributed by atoms with Crippen LogP contribution >= 0.6 is 0 Å². The normalized spacial score (nSPS) is 11.4. The summed E-state index contributed by atoms with van der Waals surface area (Å²) in [5, 5.41) is 2.25. The van der Waals surface area contributed by atoms with Crippen molar-refractivity contribution in [2.75, 3.05) is 0 Å². The van der Waals surface area contributed by atoms with E-state index in [9.17, 15) is 0 Å². The Balaban J connectivity index is 0.00000193. The average molecular weight is 795 g/mol. The van der Waals surface area contributed by atoms with Crippen LogP contribution in [0.2, 0.25) is 0 Å². The Morgan fingerprint density at radius 1 is 0.660 bits per heavy atom. The van der Waals surface area contributed by atoms with Gasteiger partial charge in [-0.15, -0.1) is 29.7 Å². The molecule has 8 aromatic rings. The van der Waals surface area contributed by atoms with E-state index in [1.165, 1.54) is 5.56 Å². The second kappa shape index (κ2) is 12.7. The van der Waals surface area contributed by atoms with Crippen molar-refractivity contribution in [3.63, 3.8) is 0 Å². The molecule has 0 atom stereocenters. The predicted octanol–water partition coefficient (Wildman–Crippen LogP) is 10.5. The van der Waals surface area contributed by atoms with Crippen LogP contribution < -0.4 is 4.74 Å². The number of nitrogens with zero attached hydrogens (tertiary/aromatic N) is 4. The summed E-state index contributed by atoms with van der Waals surface area (Å²) in [6.07, 6.45) is 3.99. The van der Waals surface area contributed by atoms with Crippen molar-refractivity contribution in [1.82, 2.24) is 18.7 Å². The van der Waals surface area contributed by atoms with Gasteiger partial charge in [-0.3, -0.25) is 0 Å². The number of fused-ring (bicyclic) bond motifs is 4. The largest absolute Gasteiger partial charge is 0.508 e. The van der Waals surface area contributed by atoms with E-state index >= 15 is 0 Å². The minimum absolute atomic E-state index is 0. The molecule has 8 rings (SSSR count). The number of pyridine rings is 1. The number of aromatic nitrogens is 4. The first kappa shape index (κ1) is 32.0. The molecule has 0 aliphatic carbocycles. The fraction of sp³-hybridized carbons (Fsp3) is 0.122. The molecule has 5 nitrogen and oxygen atoms in total. The zero-order valence-electron chi connectivity index (χ0n) is 25.7. The van der Waals surface area contributed by atoms with Gasteiger partial charge in [-0.25, -0.2) is 9.55 Å². The molecule has 0 saturated carbocycles. The van der Waals surface area contributed by atoms with Crippen molar-refractivity contribution in [1.29, 1.82) is 0 Å². The summed E-state index contributed by atoms with van der Waals surface area (Å²) < 4.78 is 13.0. The third-order valence-electron chi connectivity index (χ3n) is 8.30. The molecular formula is C41H35N4OPt-. The van der Waals surface area contributed by atoms with Crippen LogP contribution in [0.25, 0.3) is 50.0 Å². The van der Waals surface area contributed by atoms with E-state index in [1.807, 2.05) is 36.5 Å². The first-order chi connectivity index (χ1) is 21.9. The molecule has 0 radical (unpaired) electrons. The molecule has 47 heavy (non-hydrogen) atoms. The maximum Gasteiger partial charge on any atom is 0.168 e. The smallest absolute Gasteiger partial charge is 0.168 e. The van der Waals surface area contributed by atoms with Gasteiger partial charge >= 0.3 is 0 Å². The molecule has 0 spiro atoms. The van der Waals surface area contributed by atoms with Gasteiger partial charge in [0.15, 0.2) is 17.4 Å². The summed E-state index contributed by atoms with van der Waals surface area (Å²) >= 11 is 0. The van der Waals surface area contributed by atoms with Gasteiger partial charge < -0.3 is 9.30 Å². The molecule has 0 aliphatic rings. The van der Waals surface area contributed by atoms with Crippen LogP contribution in [0.3, 0.4) is 0 Å². The first-order valence-corrected chi connectivity index (χ1v) is 15.1. The number of imidazole rings is 1. The number of ether oxygens (including phenoxy) is 1. The summed E-state index contributed by atoms with van der Waals surface area (Å²) in [5.74, 6) is 2.09. The van der Waals surface area contributed by atoms with E-state index in [0.29, 0.717) is 11.5 Å². The maximum absolute atomic E-state index is 6.45. The van der Waals surface area contributed by atoms with E-state index in [-0.39, 0.29) is 33.9 Å². The fourth-order valence-electron chi connectivity index (χ4n) is 6.03. The Morgan fingerprint density at radius 2 is 1.34 bits per heavy atom. The van der Waals surface area contributed by atoms with E-state index < -0.39 is 0 Å². The molecule has 5 aromatic carbocycles. The zero-order valence-corrected chi connectivity index (χ0v) is 28.0. The van der Waals surface area contributed by atoms with E-state index in [2.05, 4.69) is 144 Å². The van der Waals surface area contributed by atoms with Gasteiger partial charge in [-0.05, 0) is 46.7 Å². The van der Waals surface area contributed by atoms with Crippen LogP contribution in [0.1, 0.15) is 33.8 Å². The molecule has 0 bridgehead atoms. The Labute approximate surface area is 290 Å². The summed E-state index contributed by atoms with van der Waals surface area (Å²) in [5.41, 5.74) is 7.40. The molecule has 6 heteroatoms. The molecule has 0 N–H and O–H groups in total. The minimum atomic E-state index is 0. The van der Waals surface area contributed by atoms with Crippen LogP contribution in [0, 0.1) is 12.1 Å². The summed E-state index contributed by atoms with van der Waals surface area (Å²) in [7, 11) is 0. The summed E-state index contributed by atoms with van der Waals surface area (Å²) in [6.45, 7) is 6.66. The van der Waals surface area contributed by atoms with Gasteiger partial charge in [0, 0.05) is 62.1 Å².